The molecule has 0 heterocycles. The molecule has 1 aromatic rings. The largest absolute Gasteiger partial charge is 0.496 e. The van der Waals surface area contributed by atoms with Crippen molar-refractivity contribution >= 4 is 10.0 Å². The van der Waals surface area contributed by atoms with E-state index in [4.69, 9.17) is 10.5 Å². The summed E-state index contributed by atoms with van der Waals surface area (Å²) in [5.74, 6) is 0.607. The smallest absolute Gasteiger partial charge is 0.240 e. The average Bonchev–Trinajstić information content (AvgIpc) is 3.14. The first kappa shape index (κ1) is 14.3. The van der Waals surface area contributed by atoms with Crippen LogP contribution in [0.15, 0.2) is 23.1 Å². The first-order valence-corrected chi connectivity index (χ1v) is 7.75. The fourth-order valence-electron chi connectivity index (χ4n) is 1.82. The van der Waals surface area contributed by atoms with Gasteiger partial charge in [0.15, 0.2) is 0 Å². The van der Waals surface area contributed by atoms with E-state index in [0.29, 0.717) is 17.9 Å². The van der Waals surface area contributed by atoms with Crippen LogP contribution in [-0.2, 0) is 16.6 Å². The maximum Gasteiger partial charge on any atom is 0.240 e. The average molecular weight is 284 g/mol. The predicted octanol–water partition coefficient (Wildman–Crippen LogP) is 1.23. The quantitative estimate of drug-likeness (QED) is 0.823. The fourth-order valence-corrected chi connectivity index (χ4v) is 3.07. The van der Waals surface area contributed by atoms with E-state index < -0.39 is 10.0 Å². The highest BCUT2D eigenvalue weighted by molar-refractivity contribution is 7.89. The summed E-state index contributed by atoms with van der Waals surface area (Å²) in [6, 6.07) is 4.74. The van der Waals surface area contributed by atoms with Crippen molar-refractivity contribution in [1.29, 1.82) is 0 Å². The Kier molecular flexibility index (Phi) is 3.85. The molecule has 0 aromatic heterocycles. The third-order valence-corrected chi connectivity index (χ3v) is 4.97. The van der Waals surface area contributed by atoms with E-state index in [1.165, 1.54) is 13.2 Å². The second-order valence-electron chi connectivity index (χ2n) is 5.31. The molecule has 0 bridgehead atoms. The van der Waals surface area contributed by atoms with E-state index in [1.807, 2.05) is 0 Å². The maximum absolute atomic E-state index is 12.2. The zero-order valence-corrected chi connectivity index (χ0v) is 12.1. The number of nitrogens with one attached hydrogen (secondary N) is 1. The Labute approximate surface area is 114 Å². The van der Waals surface area contributed by atoms with Crippen molar-refractivity contribution in [3.63, 3.8) is 0 Å². The molecule has 2 rings (SSSR count). The first-order chi connectivity index (χ1) is 8.90. The minimum atomic E-state index is -3.47. The van der Waals surface area contributed by atoms with Crippen LogP contribution in [0.4, 0.5) is 0 Å². The molecule has 1 aromatic carbocycles. The van der Waals surface area contributed by atoms with Crippen LogP contribution in [0.2, 0.25) is 0 Å². The van der Waals surface area contributed by atoms with E-state index in [1.54, 1.807) is 12.1 Å². The van der Waals surface area contributed by atoms with Gasteiger partial charge in [-0.1, -0.05) is 6.92 Å². The summed E-state index contributed by atoms with van der Waals surface area (Å²) < 4.78 is 32.2. The zero-order valence-electron chi connectivity index (χ0n) is 11.3. The van der Waals surface area contributed by atoms with Crippen LogP contribution in [-0.4, -0.2) is 22.1 Å². The number of nitrogens with two attached hydrogens (primary N) is 1. The number of hydrogen-bond donors (Lipinski definition) is 2. The third-order valence-electron chi connectivity index (χ3n) is 3.57. The van der Waals surface area contributed by atoms with Crippen LogP contribution in [0.1, 0.15) is 25.3 Å². The Balaban J connectivity index is 2.19. The summed E-state index contributed by atoms with van der Waals surface area (Å²) in [6.07, 6.45) is 2.15. The Hall–Kier alpha value is -1.11. The van der Waals surface area contributed by atoms with Crippen LogP contribution >= 0.6 is 0 Å². The fraction of sp³-hybridized carbons (Fsp3) is 0.538. The standard InChI is InChI=1S/C13H20N2O3S/c1-13(5-6-13)9-15-19(16,17)11-3-4-12(18-2)10(7-11)8-14/h3-4,7,15H,5-6,8-9,14H2,1-2H3. The van der Waals surface area contributed by atoms with Gasteiger partial charge >= 0.3 is 0 Å². The molecule has 0 spiro atoms. The molecule has 0 aliphatic heterocycles. The second-order valence-corrected chi connectivity index (χ2v) is 7.08. The monoisotopic (exact) mass is 284 g/mol. The maximum atomic E-state index is 12.2. The molecule has 0 amide bonds. The Morgan fingerprint density at radius 3 is 2.63 bits per heavy atom. The summed E-state index contributed by atoms with van der Waals surface area (Å²) in [5, 5.41) is 0. The molecule has 0 unspecified atom stereocenters. The number of sulfonamides is 1. The van der Waals surface area contributed by atoms with Gasteiger partial charge in [0.2, 0.25) is 10.0 Å². The van der Waals surface area contributed by atoms with Crippen LogP contribution in [0.3, 0.4) is 0 Å². The molecule has 1 aliphatic carbocycles. The molecular formula is C13H20N2O3S. The lowest BCUT2D eigenvalue weighted by Gasteiger charge is -2.13. The predicted molar refractivity (Wildman–Crippen MR) is 73.4 cm³/mol. The van der Waals surface area contributed by atoms with Gasteiger partial charge in [0.05, 0.1) is 12.0 Å². The van der Waals surface area contributed by atoms with Crippen molar-refractivity contribution in [1.82, 2.24) is 4.72 Å². The van der Waals surface area contributed by atoms with Gasteiger partial charge in [-0.3, -0.25) is 0 Å². The summed E-state index contributed by atoms with van der Waals surface area (Å²) in [5.41, 5.74) is 6.41. The second kappa shape index (κ2) is 5.11. The topological polar surface area (TPSA) is 81.4 Å². The molecular weight excluding hydrogens is 264 g/mol. The number of ether oxygens (including phenoxy) is 1. The van der Waals surface area contributed by atoms with Gasteiger partial charge in [-0.25, -0.2) is 13.1 Å². The summed E-state index contributed by atoms with van der Waals surface area (Å²) in [7, 11) is -1.94. The van der Waals surface area contributed by atoms with E-state index in [9.17, 15) is 8.42 Å². The van der Waals surface area contributed by atoms with Gasteiger partial charge in [0.25, 0.3) is 0 Å². The van der Waals surface area contributed by atoms with Crippen molar-refractivity contribution in [2.75, 3.05) is 13.7 Å². The highest BCUT2D eigenvalue weighted by atomic mass is 32.2. The minimum Gasteiger partial charge on any atom is -0.496 e. The zero-order chi connectivity index (χ0) is 14.1. The van der Waals surface area contributed by atoms with Crippen molar-refractivity contribution in [2.24, 2.45) is 11.1 Å². The summed E-state index contributed by atoms with van der Waals surface area (Å²) in [6.45, 7) is 2.80. The molecule has 3 N–H and O–H groups in total. The van der Waals surface area contributed by atoms with Crippen molar-refractivity contribution in [2.45, 2.75) is 31.2 Å². The molecule has 19 heavy (non-hydrogen) atoms. The van der Waals surface area contributed by atoms with Crippen LogP contribution in [0.25, 0.3) is 0 Å². The first-order valence-electron chi connectivity index (χ1n) is 6.27. The highest BCUT2D eigenvalue weighted by Gasteiger charge is 2.38. The molecule has 5 nitrogen and oxygen atoms in total. The molecule has 1 aliphatic rings. The van der Waals surface area contributed by atoms with Gasteiger partial charge in [0.1, 0.15) is 5.75 Å². The molecule has 0 saturated heterocycles. The molecule has 0 atom stereocenters. The molecule has 1 fully saturated rings. The van der Waals surface area contributed by atoms with E-state index in [0.717, 1.165) is 12.8 Å². The van der Waals surface area contributed by atoms with Crippen LogP contribution in [0, 0.1) is 5.41 Å². The highest BCUT2D eigenvalue weighted by Crippen LogP contribution is 2.44. The SMILES string of the molecule is COc1ccc(S(=O)(=O)NCC2(C)CC2)cc1CN. The lowest BCUT2D eigenvalue weighted by Crippen LogP contribution is -2.29. The summed E-state index contributed by atoms with van der Waals surface area (Å²) in [4.78, 5) is 0.234. The van der Waals surface area contributed by atoms with Crippen LogP contribution < -0.4 is 15.2 Å². The number of methoxy groups -OCH3 is 1. The lowest BCUT2D eigenvalue weighted by molar-refractivity contribution is 0.409. The van der Waals surface area contributed by atoms with E-state index in [2.05, 4.69) is 11.6 Å². The molecule has 106 valence electrons. The Morgan fingerprint density at radius 2 is 2.11 bits per heavy atom. The lowest BCUT2D eigenvalue weighted by atomic mass is 10.2. The normalized spacial score (nSPS) is 17.2. The van der Waals surface area contributed by atoms with Gasteiger partial charge < -0.3 is 10.5 Å². The van der Waals surface area contributed by atoms with E-state index >= 15 is 0 Å². The van der Waals surface area contributed by atoms with Gasteiger partial charge in [0, 0.05) is 18.7 Å². The molecule has 0 radical (unpaired) electrons. The summed E-state index contributed by atoms with van der Waals surface area (Å²) >= 11 is 0. The van der Waals surface area contributed by atoms with Gasteiger partial charge in [-0.05, 0) is 36.5 Å². The van der Waals surface area contributed by atoms with E-state index in [-0.39, 0.29) is 16.9 Å². The third kappa shape index (κ3) is 3.26. The molecule has 6 heteroatoms. The van der Waals surface area contributed by atoms with Crippen LogP contribution in [0.5, 0.6) is 5.75 Å². The Morgan fingerprint density at radius 1 is 1.42 bits per heavy atom. The van der Waals surface area contributed by atoms with Crippen molar-refractivity contribution in [3.05, 3.63) is 23.8 Å². The minimum absolute atomic E-state index is 0.135. The number of benzene rings is 1. The molecule has 1 saturated carbocycles. The van der Waals surface area contributed by atoms with Gasteiger partial charge in [-0.15, -0.1) is 0 Å². The number of hydrogen-bond acceptors (Lipinski definition) is 4. The van der Waals surface area contributed by atoms with Crippen molar-refractivity contribution in [3.8, 4) is 5.75 Å². The van der Waals surface area contributed by atoms with Crippen molar-refractivity contribution < 1.29 is 13.2 Å². The van der Waals surface area contributed by atoms with Gasteiger partial charge in [-0.2, -0.15) is 0 Å². The number of rotatable bonds is 6. The Bertz CT molecular complexity index is 565.